The molecule has 3 rings (SSSR count). The van der Waals surface area contributed by atoms with Gasteiger partial charge in [0.05, 0.1) is 16.7 Å². The van der Waals surface area contributed by atoms with Gasteiger partial charge in [-0.2, -0.15) is 5.26 Å². The molecule has 0 spiro atoms. The lowest BCUT2D eigenvalue weighted by atomic mass is 10.1. The van der Waals surface area contributed by atoms with Crippen LogP contribution in [0.1, 0.15) is 23.6 Å². The van der Waals surface area contributed by atoms with Crippen molar-refractivity contribution in [1.29, 1.82) is 5.26 Å². The van der Waals surface area contributed by atoms with Crippen molar-refractivity contribution < 1.29 is 14.3 Å². The molecule has 0 heterocycles. The minimum Gasteiger partial charge on any atom is -0.494 e. The van der Waals surface area contributed by atoms with Crippen LogP contribution in [0.25, 0.3) is 6.08 Å². The average molecular weight is 481 g/mol. The van der Waals surface area contributed by atoms with Crippen molar-refractivity contribution in [3.63, 3.8) is 0 Å². The lowest BCUT2D eigenvalue weighted by Gasteiger charge is -2.12. The molecule has 1 N–H and O–H groups in total. The second-order valence-corrected chi connectivity index (χ2v) is 7.99. The molecule has 0 bridgehead atoms. The van der Waals surface area contributed by atoms with Crippen molar-refractivity contribution in [2.45, 2.75) is 20.5 Å². The molecule has 0 saturated carbocycles. The standard InChI is InChI=1S/C26H22Cl2N2O3/c1-3-32-22-9-5-8-21(14-22)30-26(31)20(15-29)11-19-12-23(27)25(24(28)13-19)33-16-18-7-4-6-17(2)10-18/h4-14H,3,16H2,1-2H3,(H,30,31)/b20-11-. The molecule has 5 nitrogen and oxygen atoms in total. The predicted octanol–water partition coefficient (Wildman–Crippen LogP) is 6.83. The Morgan fingerprint density at radius 3 is 2.45 bits per heavy atom. The number of nitrogens with zero attached hydrogens (tertiary/aromatic N) is 1. The van der Waals surface area contributed by atoms with Crippen LogP contribution in [0.4, 0.5) is 5.69 Å². The maximum Gasteiger partial charge on any atom is 0.266 e. The number of aryl methyl sites for hydroxylation is 1. The van der Waals surface area contributed by atoms with Crippen LogP contribution >= 0.6 is 23.2 Å². The molecule has 3 aromatic carbocycles. The third-order valence-electron chi connectivity index (χ3n) is 4.57. The molecule has 0 unspecified atom stereocenters. The largest absolute Gasteiger partial charge is 0.494 e. The molecule has 7 heteroatoms. The maximum absolute atomic E-state index is 12.6. The number of carbonyl (C=O) groups is 1. The molecule has 3 aromatic rings. The Hall–Kier alpha value is -3.46. The zero-order valence-corrected chi connectivity index (χ0v) is 19.7. The molecule has 0 aliphatic carbocycles. The third kappa shape index (κ3) is 6.76. The quantitative estimate of drug-likeness (QED) is 0.283. The second kappa shape index (κ2) is 11.4. The number of benzene rings is 3. The Kier molecular flexibility index (Phi) is 8.37. The minimum absolute atomic E-state index is 0.0997. The summed E-state index contributed by atoms with van der Waals surface area (Å²) >= 11 is 12.8. The molecule has 168 valence electrons. The van der Waals surface area contributed by atoms with Crippen LogP contribution in [-0.2, 0) is 11.4 Å². The van der Waals surface area contributed by atoms with Gasteiger partial charge in [-0.05, 0) is 55.3 Å². The summed E-state index contributed by atoms with van der Waals surface area (Å²) < 4.78 is 11.2. The first-order valence-electron chi connectivity index (χ1n) is 10.2. The van der Waals surface area contributed by atoms with Crippen molar-refractivity contribution in [3.05, 3.63) is 93.0 Å². The molecule has 0 atom stereocenters. The van der Waals surface area contributed by atoms with Gasteiger partial charge in [0.2, 0.25) is 0 Å². The minimum atomic E-state index is -0.557. The molecular weight excluding hydrogens is 459 g/mol. The van der Waals surface area contributed by atoms with E-state index in [0.29, 0.717) is 36.0 Å². The highest BCUT2D eigenvalue weighted by Gasteiger charge is 2.13. The number of hydrogen-bond donors (Lipinski definition) is 1. The molecule has 0 aliphatic heterocycles. The third-order valence-corrected chi connectivity index (χ3v) is 5.13. The molecule has 0 fully saturated rings. The Balaban J connectivity index is 1.76. The van der Waals surface area contributed by atoms with E-state index in [0.717, 1.165) is 11.1 Å². The van der Waals surface area contributed by atoms with Crippen LogP contribution in [0.3, 0.4) is 0 Å². The highest BCUT2D eigenvalue weighted by Crippen LogP contribution is 2.35. The van der Waals surface area contributed by atoms with Gasteiger partial charge >= 0.3 is 0 Å². The van der Waals surface area contributed by atoms with Gasteiger partial charge in [-0.25, -0.2) is 0 Å². The normalized spacial score (nSPS) is 10.9. The van der Waals surface area contributed by atoms with Crippen LogP contribution in [0.15, 0.2) is 66.2 Å². The Morgan fingerprint density at radius 2 is 1.79 bits per heavy atom. The molecule has 0 saturated heterocycles. The Morgan fingerprint density at radius 1 is 1.06 bits per heavy atom. The van der Waals surface area contributed by atoms with Gasteiger partial charge in [-0.1, -0.05) is 59.1 Å². The van der Waals surface area contributed by atoms with Crippen LogP contribution in [-0.4, -0.2) is 12.5 Å². The first-order chi connectivity index (χ1) is 15.9. The van der Waals surface area contributed by atoms with Gasteiger partial charge in [0.1, 0.15) is 24.0 Å². The van der Waals surface area contributed by atoms with Gasteiger partial charge < -0.3 is 14.8 Å². The zero-order valence-electron chi connectivity index (χ0n) is 18.2. The summed E-state index contributed by atoms with van der Waals surface area (Å²) in [5.74, 6) is 0.406. The summed E-state index contributed by atoms with van der Waals surface area (Å²) in [4.78, 5) is 12.6. The molecule has 0 aromatic heterocycles. The average Bonchev–Trinajstić information content (AvgIpc) is 2.77. The van der Waals surface area contributed by atoms with Crippen molar-refractivity contribution in [2.24, 2.45) is 0 Å². The fourth-order valence-corrected chi connectivity index (χ4v) is 3.72. The summed E-state index contributed by atoms with van der Waals surface area (Å²) in [5, 5.41) is 12.8. The molecule has 1 amide bonds. The molecular formula is C26H22Cl2N2O3. The van der Waals surface area contributed by atoms with E-state index in [9.17, 15) is 10.1 Å². The smallest absolute Gasteiger partial charge is 0.266 e. The number of rotatable bonds is 8. The predicted molar refractivity (Wildman–Crippen MR) is 132 cm³/mol. The van der Waals surface area contributed by atoms with E-state index in [1.165, 1.54) is 6.08 Å². The van der Waals surface area contributed by atoms with Crippen LogP contribution in [0, 0.1) is 18.3 Å². The zero-order chi connectivity index (χ0) is 23.8. The van der Waals surface area contributed by atoms with E-state index in [1.807, 2.05) is 44.2 Å². The van der Waals surface area contributed by atoms with Crippen LogP contribution < -0.4 is 14.8 Å². The number of nitrogens with one attached hydrogen (secondary N) is 1. The highest BCUT2D eigenvalue weighted by molar-refractivity contribution is 6.37. The van der Waals surface area contributed by atoms with Crippen molar-refractivity contribution in [2.75, 3.05) is 11.9 Å². The van der Waals surface area contributed by atoms with Gasteiger partial charge in [0.25, 0.3) is 5.91 Å². The summed E-state index contributed by atoms with van der Waals surface area (Å²) in [7, 11) is 0. The topological polar surface area (TPSA) is 71.3 Å². The summed E-state index contributed by atoms with van der Waals surface area (Å²) in [6.07, 6.45) is 1.42. The van der Waals surface area contributed by atoms with Crippen molar-refractivity contribution in [3.8, 4) is 17.6 Å². The van der Waals surface area contributed by atoms with E-state index in [4.69, 9.17) is 32.7 Å². The van der Waals surface area contributed by atoms with E-state index in [1.54, 1.807) is 36.4 Å². The monoisotopic (exact) mass is 480 g/mol. The van der Waals surface area contributed by atoms with E-state index in [-0.39, 0.29) is 15.6 Å². The summed E-state index contributed by atoms with van der Waals surface area (Å²) in [6, 6.07) is 20.0. The van der Waals surface area contributed by atoms with Gasteiger partial charge in [-0.15, -0.1) is 0 Å². The van der Waals surface area contributed by atoms with E-state index >= 15 is 0 Å². The lowest BCUT2D eigenvalue weighted by Crippen LogP contribution is -2.13. The maximum atomic E-state index is 12.6. The van der Waals surface area contributed by atoms with Crippen LogP contribution in [0.5, 0.6) is 11.5 Å². The number of ether oxygens (including phenoxy) is 2. The van der Waals surface area contributed by atoms with Crippen LogP contribution in [0.2, 0.25) is 10.0 Å². The van der Waals surface area contributed by atoms with E-state index in [2.05, 4.69) is 5.32 Å². The number of halogens is 2. The van der Waals surface area contributed by atoms with Gasteiger partial charge in [0, 0.05) is 11.8 Å². The SMILES string of the molecule is CCOc1cccc(NC(=O)/C(C#N)=C\c2cc(Cl)c(OCc3cccc(C)c3)c(Cl)c2)c1. The molecule has 0 aliphatic rings. The van der Waals surface area contributed by atoms with E-state index < -0.39 is 5.91 Å². The fourth-order valence-electron chi connectivity index (χ4n) is 3.10. The molecule has 33 heavy (non-hydrogen) atoms. The number of hydrogen-bond acceptors (Lipinski definition) is 4. The molecule has 0 radical (unpaired) electrons. The number of nitriles is 1. The number of carbonyl (C=O) groups excluding carboxylic acids is 1. The highest BCUT2D eigenvalue weighted by atomic mass is 35.5. The fraction of sp³-hybridized carbons (Fsp3) is 0.154. The lowest BCUT2D eigenvalue weighted by molar-refractivity contribution is -0.112. The number of anilines is 1. The van der Waals surface area contributed by atoms with Gasteiger partial charge in [-0.3, -0.25) is 4.79 Å². The number of amides is 1. The van der Waals surface area contributed by atoms with Crippen molar-refractivity contribution in [1.82, 2.24) is 0 Å². The Bertz CT molecular complexity index is 1210. The second-order valence-electron chi connectivity index (χ2n) is 7.18. The summed E-state index contributed by atoms with van der Waals surface area (Å²) in [6.45, 7) is 4.69. The van der Waals surface area contributed by atoms with Crippen molar-refractivity contribution >= 4 is 40.9 Å². The first-order valence-corrected chi connectivity index (χ1v) is 11.0. The Labute approximate surface area is 203 Å². The first kappa shape index (κ1) is 24.2. The van der Waals surface area contributed by atoms with Gasteiger partial charge in [0.15, 0.2) is 5.75 Å². The summed E-state index contributed by atoms with van der Waals surface area (Å²) in [5.41, 5.74) is 3.03.